The third kappa shape index (κ3) is 1200. The Bertz CT molecular complexity index is 21.9. The van der Waals surface area contributed by atoms with Crippen LogP contribution in [0.2, 0.25) is 0 Å². The van der Waals surface area contributed by atoms with E-state index in [4.69, 9.17) is 0 Å². The number of halogens is 1. The van der Waals surface area contributed by atoms with Gasteiger partial charge in [-0.05, 0) is 5.83 Å². The average molecular weight is 301 g/mol. The van der Waals surface area contributed by atoms with E-state index in [9.17, 15) is 0 Å². The summed E-state index contributed by atoms with van der Waals surface area (Å²) in [6, 6.07) is 0. The lowest BCUT2D eigenvalue weighted by atomic mass is 10.4. The van der Waals surface area contributed by atoms with Crippen molar-refractivity contribution in [2.45, 2.75) is 94.9 Å². The summed E-state index contributed by atoms with van der Waals surface area (Å²) in [5, 5.41) is 0. The van der Waals surface area contributed by atoms with Crippen LogP contribution in [0, 0.1) is 0 Å². The first-order chi connectivity index (χ1) is 7.16. The highest BCUT2D eigenvalue weighted by Gasteiger charge is 1.56. The maximum atomic E-state index is 2.94. The van der Waals surface area contributed by atoms with Gasteiger partial charge in [-0.3, -0.25) is 0 Å². The van der Waals surface area contributed by atoms with Gasteiger partial charge >= 0.3 is 0 Å². The van der Waals surface area contributed by atoms with E-state index >= 15 is 0 Å². The fraction of sp³-hybridized carbons (Fsp3) is 1.00. The zero-order chi connectivity index (χ0) is 13.5. The molecule has 0 rings (SSSR count). The summed E-state index contributed by atoms with van der Waals surface area (Å²) < 4.78 is 0. The molecule has 0 aromatic rings. The van der Waals surface area contributed by atoms with Crippen molar-refractivity contribution in [3.8, 4) is 0 Å². The summed E-state index contributed by atoms with van der Waals surface area (Å²) in [5.74, 6) is 1.81. The molecule has 0 aromatic carbocycles. The number of hydrogen-bond acceptors (Lipinski definition) is 0. The maximum Gasteiger partial charge on any atom is -0.00848 e. The second-order valence-corrected chi connectivity index (χ2v) is 3.12. The van der Waals surface area contributed by atoms with Crippen molar-refractivity contribution in [2.24, 2.45) is 0 Å². The van der Waals surface area contributed by atoms with E-state index < -0.39 is 0 Å². The molecule has 0 fully saturated rings. The zero-order valence-corrected chi connectivity index (χ0v) is 14.5. The maximum absolute atomic E-state index is 2.94. The fourth-order valence-electron chi connectivity index (χ4n) is 0. The van der Waals surface area contributed by atoms with Gasteiger partial charge in [0, 0.05) is 0 Å². The molecule has 1 heteroatoms. The highest BCUT2D eigenvalue weighted by molar-refractivity contribution is 9.08. The van der Waals surface area contributed by atoms with Crippen molar-refractivity contribution in [2.75, 3.05) is 5.83 Å². The summed E-state index contributed by atoms with van der Waals surface area (Å²) in [6.45, 7) is 17.1. The van der Waals surface area contributed by atoms with Crippen molar-refractivity contribution < 1.29 is 0 Å². The fourth-order valence-corrected chi connectivity index (χ4v) is 0. The Morgan fingerprint density at radius 1 is 0.500 bits per heavy atom. The summed E-state index contributed by atoms with van der Waals surface area (Å²) in [7, 11) is 0. The standard InChI is InChI=1S/C4H10.3C3H8.CH3Br.CH4/c1-3-4-2;3*1-3-2;1-2;/h3-4H2,1-2H3;3*3H2,1-2H3;1H3;1H4. The molecule has 0 aliphatic carbocycles. The van der Waals surface area contributed by atoms with Crippen LogP contribution in [0.4, 0.5) is 0 Å². The molecule has 0 aromatic heterocycles. The Hall–Kier alpha value is 0.480. The number of rotatable bonds is 1. The Kier molecular flexibility index (Phi) is 243. The van der Waals surface area contributed by atoms with Gasteiger partial charge in [-0.2, -0.15) is 0 Å². The molecule has 0 saturated heterocycles. The Balaban J connectivity index is -0.0000000196. The third-order valence-corrected chi connectivity index (χ3v) is 0.500. The minimum absolute atomic E-state index is 0. The molecule has 0 spiro atoms. The molecule has 0 nitrogen and oxygen atoms in total. The molecule has 0 aliphatic heterocycles. The molecule has 108 valence electrons. The Morgan fingerprint density at radius 3 is 0.562 bits per heavy atom. The van der Waals surface area contributed by atoms with Crippen LogP contribution >= 0.6 is 15.9 Å². The minimum atomic E-state index is 0. The van der Waals surface area contributed by atoms with E-state index in [0.29, 0.717) is 0 Å². The van der Waals surface area contributed by atoms with Gasteiger partial charge in [0.25, 0.3) is 0 Å². The lowest BCUT2D eigenvalue weighted by molar-refractivity contribution is 0.886. The molecular formula is C15H41Br. The predicted molar refractivity (Wildman–Crippen MR) is 90.1 cm³/mol. The topological polar surface area (TPSA) is 0 Å². The van der Waals surface area contributed by atoms with Crippen molar-refractivity contribution in [3.63, 3.8) is 0 Å². The van der Waals surface area contributed by atoms with Crippen molar-refractivity contribution >= 4 is 15.9 Å². The molecule has 0 saturated carbocycles. The first-order valence-electron chi connectivity index (χ1n) is 6.53. The lowest BCUT2D eigenvalue weighted by Gasteiger charge is -1.68. The highest BCUT2D eigenvalue weighted by Crippen LogP contribution is 1.76. The molecule has 0 aliphatic rings. The first-order valence-corrected chi connectivity index (χ1v) is 8.12. The number of alkyl halides is 1. The van der Waals surface area contributed by atoms with Gasteiger partial charge in [0.05, 0.1) is 0 Å². The summed E-state index contributed by atoms with van der Waals surface area (Å²) in [4.78, 5) is 0. The molecule has 0 amide bonds. The summed E-state index contributed by atoms with van der Waals surface area (Å²) in [6.07, 6.45) is 6.39. The molecule has 16 heavy (non-hydrogen) atoms. The molecular weight excluding hydrogens is 260 g/mol. The van der Waals surface area contributed by atoms with Crippen molar-refractivity contribution in [3.05, 3.63) is 0 Å². The van der Waals surface area contributed by atoms with E-state index in [1.54, 1.807) is 0 Å². The van der Waals surface area contributed by atoms with Crippen LogP contribution in [-0.2, 0) is 0 Å². The molecule has 0 heterocycles. The minimum Gasteiger partial charge on any atom is -0.0966 e. The predicted octanol–water partition coefficient (Wildman–Crippen LogP) is 7.70. The van der Waals surface area contributed by atoms with Crippen LogP contribution in [0.15, 0.2) is 0 Å². The highest BCUT2D eigenvalue weighted by atomic mass is 79.9. The van der Waals surface area contributed by atoms with E-state index in [1.165, 1.54) is 32.1 Å². The number of unbranched alkanes of at least 4 members (excludes halogenated alkanes) is 1. The van der Waals surface area contributed by atoms with Crippen LogP contribution in [0.1, 0.15) is 94.9 Å². The van der Waals surface area contributed by atoms with Gasteiger partial charge in [-0.25, -0.2) is 0 Å². The third-order valence-electron chi connectivity index (χ3n) is 0.500. The van der Waals surface area contributed by atoms with Crippen LogP contribution in [-0.4, -0.2) is 5.83 Å². The van der Waals surface area contributed by atoms with Crippen LogP contribution < -0.4 is 0 Å². The molecule has 0 radical (unpaired) electrons. The van der Waals surface area contributed by atoms with Gasteiger partial charge in [0.1, 0.15) is 0 Å². The van der Waals surface area contributed by atoms with E-state index in [2.05, 4.69) is 71.3 Å². The van der Waals surface area contributed by atoms with E-state index in [0.717, 1.165) is 0 Å². The molecule has 0 N–H and O–H groups in total. The lowest BCUT2D eigenvalue weighted by Crippen LogP contribution is -1.47. The van der Waals surface area contributed by atoms with Gasteiger partial charge in [-0.15, -0.1) is 0 Å². The van der Waals surface area contributed by atoms with Crippen molar-refractivity contribution in [1.29, 1.82) is 0 Å². The second kappa shape index (κ2) is 108. The van der Waals surface area contributed by atoms with Crippen molar-refractivity contribution in [1.82, 2.24) is 0 Å². The van der Waals surface area contributed by atoms with Gasteiger partial charge in [0.15, 0.2) is 0 Å². The van der Waals surface area contributed by atoms with Gasteiger partial charge in [-0.1, -0.05) is 111 Å². The van der Waals surface area contributed by atoms with Crippen LogP contribution in [0.25, 0.3) is 0 Å². The van der Waals surface area contributed by atoms with Gasteiger partial charge in [0.2, 0.25) is 0 Å². The quantitative estimate of drug-likeness (QED) is 0.435. The monoisotopic (exact) mass is 300 g/mol. The molecule has 0 atom stereocenters. The van der Waals surface area contributed by atoms with Gasteiger partial charge < -0.3 is 0 Å². The van der Waals surface area contributed by atoms with E-state index in [1.807, 2.05) is 5.83 Å². The largest absolute Gasteiger partial charge is 0.0966 e. The second-order valence-electron chi connectivity index (χ2n) is 3.12. The first kappa shape index (κ1) is 36.0. The summed E-state index contributed by atoms with van der Waals surface area (Å²) in [5.41, 5.74) is 0. The molecule has 0 unspecified atom stereocenters. The Labute approximate surface area is 117 Å². The van der Waals surface area contributed by atoms with E-state index in [-0.39, 0.29) is 7.43 Å². The van der Waals surface area contributed by atoms with Crippen LogP contribution in [0.5, 0.6) is 0 Å². The normalized spacial score (nSPS) is 5.62. The average Bonchev–Trinajstić information content (AvgIpc) is 2.24. The SMILES string of the molecule is C.CBr.CCC.CCC.CCC.CCCC. The number of hydrogen-bond donors (Lipinski definition) is 0. The Morgan fingerprint density at radius 2 is 0.562 bits per heavy atom. The smallest absolute Gasteiger partial charge is 0.00848 e. The zero-order valence-electron chi connectivity index (χ0n) is 12.9. The van der Waals surface area contributed by atoms with Crippen LogP contribution in [0.3, 0.4) is 0 Å². The summed E-state index contributed by atoms with van der Waals surface area (Å²) >= 11 is 2.94. The molecule has 0 bridgehead atoms.